The Morgan fingerprint density at radius 1 is 1.40 bits per heavy atom. The zero-order valence-corrected chi connectivity index (χ0v) is 11.4. The normalized spacial score (nSPS) is 10.2. The van der Waals surface area contributed by atoms with Crippen LogP contribution in [0.2, 0.25) is 5.15 Å². The molecule has 0 amide bonds. The van der Waals surface area contributed by atoms with Gasteiger partial charge in [0.15, 0.2) is 10.9 Å². The number of methoxy groups -OCH3 is 1. The second-order valence-electron chi connectivity index (χ2n) is 3.87. The minimum absolute atomic E-state index is 0.0517. The SMILES string of the molecule is COC(=O)c1cc(F)ccc1COc1cccnc1Cl. The molecule has 1 heterocycles. The number of pyridine rings is 1. The molecule has 2 aromatic rings. The standard InChI is InChI=1S/C14H11ClFNO3/c1-19-14(18)11-7-10(16)5-4-9(11)8-20-12-3-2-6-17-13(12)15/h2-7H,8H2,1H3. The quantitative estimate of drug-likeness (QED) is 0.642. The minimum Gasteiger partial charge on any atom is -0.486 e. The van der Waals surface area contributed by atoms with E-state index in [-0.39, 0.29) is 17.3 Å². The van der Waals surface area contributed by atoms with E-state index in [1.54, 1.807) is 12.1 Å². The Labute approximate surface area is 120 Å². The van der Waals surface area contributed by atoms with Crippen LogP contribution in [-0.2, 0) is 11.3 Å². The van der Waals surface area contributed by atoms with E-state index < -0.39 is 11.8 Å². The summed E-state index contributed by atoms with van der Waals surface area (Å²) in [4.78, 5) is 15.4. The van der Waals surface area contributed by atoms with E-state index >= 15 is 0 Å². The van der Waals surface area contributed by atoms with Gasteiger partial charge >= 0.3 is 5.97 Å². The van der Waals surface area contributed by atoms with Crippen LogP contribution in [0.4, 0.5) is 4.39 Å². The van der Waals surface area contributed by atoms with Crippen LogP contribution in [0.25, 0.3) is 0 Å². The van der Waals surface area contributed by atoms with Crippen LogP contribution in [0.15, 0.2) is 36.5 Å². The number of halogens is 2. The second kappa shape index (κ2) is 6.34. The average molecular weight is 296 g/mol. The van der Waals surface area contributed by atoms with Crippen LogP contribution in [0, 0.1) is 5.82 Å². The summed E-state index contributed by atoms with van der Waals surface area (Å²) in [6, 6.07) is 7.14. The molecule has 1 aromatic heterocycles. The summed E-state index contributed by atoms with van der Waals surface area (Å²) in [6.07, 6.45) is 1.53. The van der Waals surface area contributed by atoms with Gasteiger partial charge < -0.3 is 9.47 Å². The molecule has 0 bridgehead atoms. The van der Waals surface area contributed by atoms with E-state index in [1.165, 1.54) is 25.4 Å². The van der Waals surface area contributed by atoms with Gasteiger partial charge in [-0.3, -0.25) is 0 Å². The first-order chi connectivity index (χ1) is 9.61. The first-order valence-corrected chi connectivity index (χ1v) is 6.09. The minimum atomic E-state index is -0.625. The lowest BCUT2D eigenvalue weighted by Gasteiger charge is -2.10. The Balaban J connectivity index is 2.21. The first kappa shape index (κ1) is 14.3. The molecule has 0 fully saturated rings. The van der Waals surface area contributed by atoms with Crippen LogP contribution in [-0.4, -0.2) is 18.1 Å². The molecule has 0 unspecified atom stereocenters. The van der Waals surface area contributed by atoms with Crippen LogP contribution in [0.3, 0.4) is 0 Å². The molecule has 0 saturated heterocycles. The highest BCUT2D eigenvalue weighted by atomic mass is 35.5. The van der Waals surface area contributed by atoms with Gasteiger partial charge in [0.05, 0.1) is 12.7 Å². The molecule has 0 spiro atoms. The van der Waals surface area contributed by atoms with Gasteiger partial charge in [-0.2, -0.15) is 0 Å². The maximum absolute atomic E-state index is 13.2. The Kier molecular flexibility index (Phi) is 4.53. The summed E-state index contributed by atoms with van der Waals surface area (Å²) in [7, 11) is 1.23. The predicted molar refractivity (Wildman–Crippen MR) is 71.3 cm³/mol. The zero-order valence-electron chi connectivity index (χ0n) is 10.6. The Morgan fingerprint density at radius 3 is 2.90 bits per heavy atom. The lowest BCUT2D eigenvalue weighted by Crippen LogP contribution is -2.08. The maximum atomic E-state index is 13.2. The van der Waals surface area contributed by atoms with Crippen molar-refractivity contribution in [1.29, 1.82) is 0 Å². The molecular weight excluding hydrogens is 285 g/mol. The molecule has 0 radical (unpaired) electrons. The smallest absolute Gasteiger partial charge is 0.338 e. The summed E-state index contributed by atoms with van der Waals surface area (Å²) >= 11 is 5.86. The Morgan fingerprint density at radius 2 is 2.20 bits per heavy atom. The number of hydrogen-bond donors (Lipinski definition) is 0. The summed E-state index contributed by atoms with van der Waals surface area (Å²) in [6.45, 7) is 0.0517. The van der Waals surface area contributed by atoms with Crippen molar-refractivity contribution in [2.24, 2.45) is 0 Å². The average Bonchev–Trinajstić information content (AvgIpc) is 2.46. The van der Waals surface area contributed by atoms with Crippen molar-refractivity contribution in [3.05, 3.63) is 58.6 Å². The van der Waals surface area contributed by atoms with Gasteiger partial charge in [0.1, 0.15) is 12.4 Å². The third kappa shape index (κ3) is 3.24. The first-order valence-electron chi connectivity index (χ1n) is 5.72. The third-order valence-electron chi connectivity index (χ3n) is 2.59. The van der Waals surface area contributed by atoms with E-state index in [2.05, 4.69) is 9.72 Å². The van der Waals surface area contributed by atoms with Gasteiger partial charge in [0, 0.05) is 11.8 Å². The predicted octanol–water partition coefficient (Wildman–Crippen LogP) is 3.24. The fraction of sp³-hybridized carbons (Fsp3) is 0.143. The van der Waals surface area contributed by atoms with Crippen molar-refractivity contribution in [1.82, 2.24) is 4.98 Å². The third-order valence-corrected chi connectivity index (χ3v) is 2.87. The number of hydrogen-bond acceptors (Lipinski definition) is 4. The lowest BCUT2D eigenvalue weighted by atomic mass is 10.1. The van der Waals surface area contributed by atoms with Crippen molar-refractivity contribution in [3.63, 3.8) is 0 Å². The van der Waals surface area contributed by atoms with Crippen molar-refractivity contribution in [2.45, 2.75) is 6.61 Å². The zero-order chi connectivity index (χ0) is 14.5. The largest absolute Gasteiger partial charge is 0.486 e. The molecule has 1 aromatic carbocycles. The molecular formula is C14H11ClFNO3. The van der Waals surface area contributed by atoms with Crippen molar-refractivity contribution in [3.8, 4) is 5.75 Å². The van der Waals surface area contributed by atoms with E-state index in [0.29, 0.717) is 11.3 Å². The number of carbonyl (C=O) groups excluding carboxylic acids is 1. The molecule has 104 valence electrons. The Bertz CT molecular complexity index is 634. The fourth-order valence-electron chi connectivity index (χ4n) is 1.61. The fourth-order valence-corrected chi connectivity index (χ4v) is 1.78. The molecule has 0 N–H and O–H groups in total. The summed E-state index contributed by atoms with van der Waals surface area (Å²) < 4.78 is 23.3. The van der Waals surface area contributed by atoms with Gasteiger partial charge in [-0.15, -0.1) is 0 Å². The van der Waals surface area contributed by atoms with E-state index in [0.717, 1.165) is 6.07 Å². The van der Waals surface area contributed by atoms with Crippen molar-refractivity contribution in [2.75, 3.05) is 7.11 Å². The van der Waals surface area contributed by atoms with Crippen molar-refractivity contribution >= 4 is 17.6 Å². The Hall–Kier alpha value is -2.14. The van der Waals surface area contributed by atoms with Crippen LogP contribution < -0.4 is 4.74 Å². The highest BCUT2D eigenvalue weighted by Gasteiger charge is 2.14. The molecule has 2 rings (SSSR count). The van der Waals surface area contributed by atoms with Crippen molar-refractivity contribution < 1.29 is 18.7 Å². The van der Waals surface area contributed by atoms with Gasteiger partial charge in [0.25, 0.3) is 0 Å². The molecule has 0 aliphatic rings. The lowest BCUT2D eigenvalue weighted by molar-refractivity contribution is 0.0597. The summed E-state index contributed by atoms with van der Waals surface area (Å²) in [5.74, 6) is -0.761. The van der Waals surface area contributed by atoms with E-state index in [9.17, 15) is 9.18 Å². The van der Waals surface area contributed by atoms with Gasteiger partial charge in [-0.05, 0) is 24.3 Å². The number of benzene rings is 1. The monoisotopic (exact) mass is 295 g/mol. The molecule has 0 aliphatic heterocycles. The number of carbonyl (C=O) groups is 1. The molecule has 20 heavy (non-hydrogen) atoms. The highest BCUT2D eigenvalue weighted by molar-refractivity contribution is 6.30. The van der Waals surface area contributed by atoms with Crippen LogP contribution in [0.1, 0.15) is 15.9 Å². The number of nitrogens with zero attached hydrogens (tertiary/aromatic N) is 1. The summed E-state index contributed by atoms with van der Waals surface area (Å²) in [5, 5.41) is 0.217. The maximum Gasteiger partial charge on any atom is 0.338 e. The second-order valence-corrected chi connectivity index (χ2v) is 4.23. The molecule has 4 nitrogen and oxygen atoms in total. The van der Waals surface area contributed by atoms with Gasteiger partial charge in [-0.25, -0.2) is 14.2 Å². The molecule has 0 aliphatic carbocycles. The number of rotatable bonds is 4. The summed E-state index contributed by atoms with van der Waals surface area (Å²) in [5.41, 5.74) is 0.616. The van der Waals surface area contributed by atoms with Gasteiger partial charge in [0.2, 0.25) is 0 Å². The van der Waals surface area contributed by atoms with Crippen LogP contribution >= 0.6 is 11.6 Å². The topological polar surface area (TPSA) is 48.4 Å². The number of ether oxygens (including phenoxy) is 2. The van der Waals surface area contributed by atoms with Crippen LogP contribution in [0.5, 0.6) is 5.75 Å². The highest BCUT2D eigenvalue weighted by Crippen LogP contribution is 2.22. The number of aromatic nitrogens is 1. The molecule has 0 atom stereocenters. The molecule has 0 saturated carbocycles. The van der Waals surface area contributed by atoms with Gasteiger partial charge in [-0.1, -0.05) is 17.7 Å². The van der Waals surface area contributed by atoms with E-state index in [1.807, 2.05) is 0 Å². The number of esters is 1. The van der Waals surface area contributed by atoms with E-state index in [4.69, 9.17) is 16.3 Å². The molecule has 6 heteroatoms.